The first-order valence-corrected chi connectivity index (χ1v) is 7.44. The van der Waals surface area contributed by atoms with E-state index in [0.29, 0.717) is 5.69 Å². The Balaban J connectivity index is 2.36. The van der Waals surface area contributed by atoms with E-state index in [1.807, 2.05) is 45.0 Å². The van der Waals surface area contributed by atoms with E-state index in [1.54, 1.807) is 6.07 Å². The van der Waals surface area contributed by atoms with Gasteiger partial charge in [0.2, 0.25) is 0 Å². The van der Waals surface area contributed by atoms with Crippen LogP contribution in [0.25, 0.3) is 11.3 Å². The first kappa shape index (κ1) is 15.6. The Kier molecular flexibility index (Phi) is 4.42. The Morgan fingerprint density at radius 1 is 1.14 bits per heavy atom. The van der Waals surface area contributed by atoms with Gasteiger partial charge in [0.05, 0.1) is 5.69 Å². The van der Waals surface area contributed by atoms with Gasteiger partial charge in [-0.15, -0.1) is 0 Å². The Hall–Kier alpha value is -1.75. The second kappa shape index (κ2) is 5.93. The van der Waals surface area contributed by atoms with Crippen LogP contribution in [0.5, 0.6) is 0 Å². The molecule has 21 heavy (non-hydrogen) atoms. The molecule has 1 aromatic heterocycles. The zero-order chi connectivity index (χ0) is 15.6. The molecule has 2 aromatic rings. The molecule has 0 saturated carbocycles. The van der Waals surface area contributed by atoms with Gasteiger partial charge in [0.25, 0.3) is 5.56 Å². The van der Waals surface area contributed by atoms with Crippen molar-refractivity contribution in [3.8, 4) is 11.3 Å². The minimum atomic E-state index is -0.491. The Labute approximate surface area is 131 Å². The average molecular weight is 349 g/mol. The Bertz CT molecular complexity index is 712. The maximum Gasteiger partial charge on any atom is 0.267 e. The van der Waals surface area contributed by atoms with Gasteiger partial charge in [-0.3, -0.25) is 9.59 Å². The number of rotatable bonds is 3. The van der Waals surface area contributed by atoms with Crippen molar-refractivity contribution in [3.63, 3.8) is 0 Å². The van der Waals surface area contributed by atoms with Crippen LogP contribution < -0.4 is 5.56 Å². The summed E-state index contributed by atoms with van der Waals surface area (Å²) in [5, 5.41) is 4.29. The molecule has 0 unspecified atom stereocenters. The fourth-order valence-electron chi connectivity index (χ4n) is 1.71. The van der Waals surface area contributed by atoms with Crippen LogP contribution in [0.15, 0.2) is 45.7 Å². The molecule has 4 nitrogen and oxygen atoms in total. The molecule has 0 fully saturated rings. The summed E-state index contributed by atoms with van der Waals surface area (Å²) in [5.74, 6) is -0.0231. The first-order valence-electron chi connectivity index (χ1n) is 6.65. The number of carbonyl (C=O) groups is 1. The normalized spacial score (nSPS) is 11.4. The predicted molar refractivity (Wildman–Crippen MR) is 86.1 cm³/mol. The quantitative estimate of drug-likeness (QED) is 0.855. The van der Waals surface area contributed by atoms with Gasteiger partial charge in [-0.25, -0.2) is 4.68 Å². The molecule has 0 bridgehead atoms. The molecule has 0 atom stereocenters. The highest BCUT2D eigenvalue weighted by Crippen LogP contribution is 2.19. The van der Waals surface area contributed by atoms with Gasteiger partial charge in [-0.2, -0.15) is 5.10 Å². The maximum absolute atomic E-state index is 12.1. The number of Topliss-reactive ketones (excluding diaryl/α,β-unsaturated/α-hetero) is 1. The van der Waals surface area contributed by atoms with Gasteiger partial charge in [0.15, 0.2) is 5.78 Å². The topological polar surface area (TPSA) is 52.0 Å². The highest BCUT2D eigenvalue weighted by atomic mass is 79.9. The molecule has 0 saturated heterocycles. The third-order valence-corrected chi connectivity index (χ3v) is 3.67. The number of hydrogen-bond acceptors (Lipinski definition) is 3. The lowest BCUT2D eigenvalue weighted by Crippen LogP contribution is -2.32. The summed E-state index contributed by atoms with van der Waals surface area (Å²) < 4.78 is 2.20. The molecule has 0 aliphatic heterocycles. The number of hydrogen-bond donors (Lipinski definition) is 0. The van der Waals surface area contributed by atoms with Crippen molar-refractivity contribution in [2.75, 3.05) is 0 Å². The summed E-state index contributed by atoms with van der Waals surface area (Å²) in [4.78, 5) is 23.9. The van der Waals surface area contributed by atoms with E-state index in [0.717, 1.165) is 10.0 Å². The molecule has 0 aliphatic rings. The van der Waals surface area contributed by atoms with Crippen molar-refractivity contribution in [2.24, 2.45) is 5.41 Å². The molecule has 0 spiro atoms. The number of nitrogens with zero attached hydrogens (tertiary/aromatic N) is 2. The van der Waals surface area contributed by atoms with Crippen LogP contribution in [0.3, 0.4) is 0 Å². The maximum atomic E-state index is 12.1. The van der Waals surface area contributed by atoms with Crippen molar-refractivity contribution in [3.05, 3.63) is 51.2 Å². The minimum Gasteiger partial charge on any atom is -0.297 e. The highest BCUT2D eigenvalue weighted by molar-refractivity contribution is 9.10. The summed E-state index contributed by atoms with van der Waals surface area (Å²) in [6.45, 7) is 5.49. The van der Waals surface area contributed by atoms with Crippen molar-refractivity contribution in [1.82, 2.24) is 9.78 Å². The molecule has 5 heteroatoms. The van der Waals surface area contributed by atoms with E-state index < -0.39 is 5.41 Å². The fourth-order valence-corrected chi connectivity index (χ4v) is 1.97. The first-order chi connectivity index (χ1) is 9.77. The van der Waals surface area contributed by atoms with Crippen molar-refractivity contribution < 1.29 is 4.79 Å². The largest absolute Gasteiger partial charge is 0.297 e. The average Bonchev–Trinajstić information content (AvgIpc) is 2.41. The van der Waals surface area contributed by atoms with Crippen LogP contribution in [-0.4, -0.2) is 15.6 Å². The smallest absolute Gasteiger partial charge is 0.267 e. The van der Waals surface area contributed by atoms with Gasteiger partial charge < -0.3 is 0 Å². The van der Waals surface area contributed by atoms with Crippen molar-refractivity contribution >= 4 is 21.7 Å². The molecule has 2 rings (SSSR count). The summed E-state index contributed by atoms with van der Waals surface area (Å²) >= 11 is 3.38. The zero-order valence-electron chi connectivity index (χ0n) is 12.3. The molecule has 1 heterocycles. The number of halogens is 1. The van der Waals surface area contributed by atoms with Crippen LogP contribution in [0, 0.1) is 5.41 Å². The second-order valence-electron chi connectivity index (χ2n) is 5.89. The summed E-state index contributed by atoms with van der Waals surface area (Å²) in [5.41, 5.74) is 0.807. The molecule has 0 radical (unpaired) electrons. The van der Waals surface area contributed by atoms with Crippen molar-refractivity contribution in [2.45, 2.75) is 27.3 Å². The third-order valence-electron chi connectivity index (χ3n) is 3.14. The van der Waals surface area contributed by atoms with Crippen LogP contribution in [0.4, 0.5) is 0 Å². The Morgan fingerprint density at radius 3 is 2.33 bits per heavy atom. The second-order valence-corrected chi connectivity index (χ2v) is 6.81. The standard InChI is InChI=1S/C16H17BrN2O2/c1-16(2,3)14(20)10-19-15(21)9-8-13(18-19)11-4-6-12(17)7-5-11/h4-9H,10H2,1-3H3. The number of carbonyl (C=O) groups excluding carboxylic acids is 1. The lowest BCUT2D eigenvalue weighted by Gasteiger charge is -2.17. The van der Waals surface area contributed by atoms with Gasteiger partial charge in [0, 0.05) is 21.5 Å². The van der Waals surface area contributed by atoms with Crippen LogP contribution in [-0.2, 0) is 11.3 Å². The molecular weight excluding hydrogens is 332 g/mol. The molecule has 0 aliphatic carbocycles. The van der Waals surface area contributed by atoms with Gasteiger partial charge in [-0.05, 0) is 18.2 Å². The third kappa shape index (κ3) is 3.88. The SMILES string of the molecule is CC(C)(C)C(=O)Cn1nc(-c2ccc(Br)cc2)ccc1=O. The molecule has 0 N–H and O–H groups in total. The van der Waals surface area contributed by atoms with Gasteiger partial charge in [-0.1, -0.05) is 48.8 Å². The van der Waals surface area contributed by atoms with E-state index in [-0.39, 0.29) is 17.9 Å². The van der Waals surface area contributed by atoms with E-state index >= 15 is 0 Å². The Morgan fingerprint density at radius 2 is 1.76 bits per heavy atom. The monoisotopic (exact) mass is 348 g/mol. The fraction of sp³-hybridized carbons (Fsp3) is 0.312. The van der Waals surface area contributed by atoms with Crippen molar-refractivity contribution in [1.29, 1.82) is 0 Å². The van der Waals surface area contributed by atoms with E-state index in [2.05, 4.69) is 21.0 Å². The molecule has 0 amide bonds. The number of aromatic nitrogens is 2. The molecular formula is C16H17BrN2O2. The minimum absolute atomic E-state index is 0.00724. The molecule has 1 aromatic carbocycles. The van der Waals surface area contributed by atoms with Crippen LogP contribution >= 0.6 is 15.9 Å². The summed E-state index contributed by atoms with van der Waals surface area (Å²) in [6, 6.07) is 10.8. The summed E-state index contributed by atoms with van der Waals surface area (Å²) in [7, 11) is 0. The lowest BCUT2D eigenvalue weighted by atomic mass is 9.91. The number of ketones is 1. The zero-order valence-corrected chi connectivity index (χ0v) is 13.8. The predicted octanol–water partition coefficient (Wildman–Crippen LogP) is 3.29. The lowest BCUT2D eigenvalue weighted by molar-refractivity contribution is -0.127. The van der Waals surface area contributed by atoms with Crippen LogP contribution in [0.2, 0.25) is 0 Å². The number of benzene rings is 1. The summed E-state index contributed by atoms with van der Waals surface area (Å²) in [6.07, 6.45) is 0. The highest BCUT2D eigenvalue weighted by Gasteiger charge is 2.22. The van der Waals surface area contributed by atoms with E-state index in [4.69, 9.17) is 0 Å². The van der Waals surface area contributed by atoms with Gasteiger partial charge in [0.1, 0.15) is 6.54 Å². The van der Waals surface area contributed by atoms with Gasteiger partial charge >= 0.3 is 0 Å². The molecule has 110 valence electrons. The van der Waals surface area contributed by atoms with E-state index in [1.165, 1.54) is 10.7 Å². The van der Waals surface area contributed by atoms with E-state index in [9.17, 15) is 9.59 Å². The van der Waals surface area contributed by atoms with Crippen LogP contribution in [0.1, 0.15) is 20.8 Å².